The molecule has 3 aliphatic carbocycles. The molecular formula is C29H34N2O4. The number of aromatic amines is 1. The Labute approximate surface area is 206 Å². The monoisotopic (exact) mass is 474 g/mol. The Kier molecular flexibility index (Phi) is 6.54. The molecule has 3 aromatic rings. The highest BCUT2D eigenvalue weighted by Crippen LogP contribution is 2.61. The summed E-state index contributed by atoms with van der Waals surface area (Å²) in [5.74, 6) is 1.32. The van der Waals surface area contributed by atoms with Gasteiger partial charge in [0.1, 0.15) is 12.6 Å². The minimum atomic E-state index is -0.846. The number of aromatic nitrogens is 1. The van der Waals surface area contributed by atoms with E-state index in [9.17, 15) is 9.59 Å². The second kappa shape index (κ2) is 9.76. The molecule has 35 heavy (non-hydrogen) atoms. The molecule has 1 amide bonds. The van der Waals surface area contributed by atoms with Crippen molar-refractivity contribution in [2.24, 2.45) is 23.2 Å². The zero-order chi connectivity index (χ0) is 24.4. The molecule has 2 aromatic carbocycles. The molecule has 4 atom stereocenters. The summed E-state index contributed by atoms with van der Waals surface area (Å²) < 4.78 is 11.2. The fraction of sp³-hybridized carbons (Fsp3) is 0.448. The zero-order valence-electron chi connectivity index (χ0n) is 20.5. The molecule has 3 saturated carbocycles. The molecular weight excluding hydrogens is 440 g/mol. The molecule has 0 aliphatic heterocycles. The van der Waals surface area contributed by atoms with E-state index in [4.69, 9.17) is 9.47 Å². The first-order valence-electron chi connectivity index (χ1n) is 12.6. The number of H-pyrrole nitrogens is 1. The molecule has 2 N–H and O–H groups in total. The van der Waals surface area contributed by atoms with Crippen LogP contribution < -0.4 is 5.32 Å². The average molecular weight is 475 g/mol. The fourth-order valence-corrected chi connectivity index (χ4v) is 6.07. The third-order valence-corrected chi connectivity index (χ3v) is 8.33. The van der Waals surface area contributed by atoms with Gasteiger partial charge in [0.2, 0.25) is 0 Å². The number of alkyl carbamates (subject to hydrolysis) is 1. The zero-order valence-corrected chi connectivity index (χ0v) is 20.5. The molecule has 2 bridgehead atoms. The maximum absolute atomic E-state index is 13.1. The van der Waals surface area contributed by atoms with Crippen LogP contribution in [0.1, 0.15) is 44.2 Å². The van der Waals surface area contributed by atoms with Gasteiger partial charge in [0.25, 0.3) is 0 Å². The predicted molar refractivity (Wildman–Crippen MR) is 135 cm³/mol. The summed E-state index contributed by atoms with van der Waals surface area (Å²) in [5, 5.41) is 3.82. The lowest BCUT2D eigenvalue weighted by Gasteiger charge is -2.60. The first kappa shape index (κ1) is 23.5. The highest BCUT2D eigenvalue weighted by Gasteiger charge is 2.54. The number of benzene rings is 2. The fourth-order valence-electron chi connectivity index (χ4n) is 6.07. The first-order valence-corrected chi connectivity index (χ1v) is 12.6. The lowest BCUT2D eigenvalue weighted by Crippen LogP contribution is -2.53. The molecule has 6 nitrogen and oxygen atoms in total. The summed E-state index contributed by atoms with van der Waals surface area (Å²) >= 11 is 0. The van der Waals surface area contributed by atoms with Gasteiger partial charge in [-0.05, 0) is 59.6 Å². The molecule has 0 radical (unpaired) electrons. The molecule has 4 unspecified atom stereocenters. The van der Waals surface area contributed by atoms with Crippen LogP contribution in [0.25, 0.3) is 10.9 Å². The number of fused-ring (bicyclic) bond motifs is 3. The maximum atomic E-state index is 13.1. The van der Waals surface area contributed by atoms with Gasteiger partial charge in [-0.15, -0.1) is 0 Å². The van der Waals surface area contributed by atoms with Gasteiger partial charge in [-0.25, -0.2) is 9.59 Å². The normalized spacial score (nSPS) is 23.2. The largest absolute Gasteiger partial charge is 0.459 e. The standard InChI is InChI=1S/C29H34N2O4/c1-29(2)22-13-12-20(24(29)15-22)18-35-28(33)31-26(27(32)34-17-19-8-4-3-5-9-19)14-21-16-30-25-11-7-6-10-23(21)25/h3-11,16,20,22,24,26,30H,12-15,17-18H2,1-2H3,(H,31,33). The number of nitrogens with one attached hydrogen (secondary N) is 2. The number of hydrogen-bond donors (Lipinski definition) is 2. The second-order valence-electron chi connectivity index (χ2n) is 10.7. The Balaban J connectivity index is 1.24. The van der Waals surface area contributed by atoms with Gasteiger partial charge in [-0.2, -0.15) is 0 Å². The number of carbonyl (C=O) groups excluding carboxylic acids is 2. The quantitative estimate of drug-likeness (QED) is 0.415. The van der Waals surface area contributed by atoms with Crippen LogP contribution in [0.5, 0.6) is 0 Å². The first-order chi connectivity index (χ1) is 16.9. The van der Waals surface area contributed by atoms with E-state index >= 15 is 0 Å². The lowest BCUT2D eigenvalue weighted by atomic mass is 9.46. The van der Waals surface area contributed by atoms with Crippen molar-refractivity contribution in [2.75, 3.05) is 6.61 Å². The van der Waals surface area contributed by atoms with E-state index in [-0.39, 0.29) is 6.61 Å². The molecule has 0 saturated heterocycles. The summed E-state index contributed by atoms with van der Waals surface area (Å²) in [4.78, 5) is 29.1. The summed E-state index contributed by atoms with van der Waals surface area (Å²) in [5.41, 5.74) is 3.16. The van der Waals surface area contributed by atoms with E-state index in [1.54, 1.807) is 0 Å². The molecule has 6 rings (SSSR count). The van der Waals surface area contributed by atoms with Crippen LogP contribution in [0.4, 0.5) is 4.79 Å². The maximum Gasteiger partial charge on any atom is 0.407 e. The van der Waals surface area contributed by atoms with Crippen molar-refractivity contribution in [3.05, 3.63) is 71.9 Å². The smallest absolute Gasteiger partial charge is 0.407 e. The Morgan fingerprint density at radius 1 is 1.06 bits per heavy atom. The van der Waals surface area contributed by atoms with Crippen LogP contribution in [-0.2, 0) is 27.3 Å². The number of esters is 1. The molecule has 3 aliphatic rings. The van der Waals surface area contributed by atoms with Crippen molar-refractivity contribution in [2.45, 2.75) is 52.2 Å². The SMILES string of the molecule is CC1(C)C2CCC(COC(=O)NC(Cc3c[nH]c4ccccc34)C(=O)OCc3ccccc3)C1C2. The highest BCUT2D eigenvalue weighted by atomic mass is 16.6. The van der Waals surface area contributed by atoms with Crippen molar-refractivity contribution < 1.29 is 19.1 Å². The van der Waals surface area contributed by atoms with Gasteiger partial charge in [0.15, 0.2) is 0 Å². The van der Waals surface area contributed by atoms with Crippen molar-refractivity contribution in [1.29, 1.82) is 0 Å². The number of rotatable bonds is 8. The van der Waals surface area contributed by atoms with Crippen LogP contribution in [0.15, 0.2) is 60.8 Å². The number of hydrogen-bond acceptors (Lipinski definition) is 4. The molecule has 1 aromatic heterocycles. The number of carbonyl (C=O) groups is 2. The Morgan fingerprint density at radius 3 is 2.60 bits per heavy atom. The molecule has 3 fully saturated rings. The van der Waals surface area contributed by atoms with Gasteiger partial charge in [-0.1, -0.05) is 62.4 Å². The Hall–Kier alpha value is -3.28. The minimum Gasteiger partial charge on any atom is -0.459 e. The van der Waals surface area contributed by atoms with Crippen molar-refractivity contribution >= 4 is 23.0 Å². The van der Waals surface area contributed by atoms with Crippen molar-refractivity contribution in [3.63, 3.8) is 0 Å². The van der Waals surface area contributed by atoms with Crippen LogP contribution in [0.2, 0.25) is 0 Å². The van der Waals surface area contributed by atoms with Crippen LogP contribution in [0.3, 0.4) is 0 Å². The van der Waals surface area contributed by atoms with Crippen molar-refractivity contribution in [1.82, 2.24) is 10.3 Å². The highest BCUT2D eigenvalue weighted by molar-refractivity contribution is 5.86. The lowest BCUT2D eigenvalue weighted by molar-refractivity contribution is -0.147. The van der Waals surface area contributed by atoms with Crippen LogP contribution in [-0.4, -0.2) is 29.7 Å². The van der Waals surface area contributed by atoms with E-state index in [0.717, 1.165) is 34.4 Å². The average Bonchev–Trinajstić information content (AvgIpc) is 3.29. The third kappa shape index (κ3) is 4.93. The topological polar surface area (TPSA) is 80.4 Å². The second-order valence-corrected chi connectivity index (χ2v) is 10.7. The number of para-hydroxylation sites is 1. The van der Waals surface area contributed by atoms with Gasteiger partial charge in [-0.3, -0.25) is 0 Å². The third-order valence-electron chi connectivity index (χ3n) is 8.33. The molecule has 1 heterocycles. The minimum absolute atomic E-state index is 0.154. The van der Waals surface area contributed by atoms with E-state index < -0.39 is 18.1 Å². The van der Waals surface area contributed by atoms with E-state index in [0.29, 0.717) is 30.3 Å². The molecule has 6 heteroatoms. The number of ether oxygens (including phenoxy) is 2. The number of amides is 1. The van der Waals surface area contributed by atoms with Gasteiger partial charge in [0.05, 0.1) is 6.61 Å². The van der Waals surface area contributed by atoms with Crippen LogP contribution >= 0.6 is 0 Å². The summed E-state index contributed by atoms with van der Waals surface area (Å²) in [6.07, 6.45) is 5.17. The summed E-state index contributed by atoms with van der Waals surface area (Å²) in [6, 6.07) is 16.6. The van der Waals surface area contributed by atoms with Gasteiger partial charge in [0, 0.05) is 23.5 Å². The summed E-state index contributed by atoms with van der Waals surface area (Å²) in [6.45, 7) is 5.21. The van der Waals surface area contributed by atoms with Crippen molar-refractivity contribution in [3.8, 4) is 0 Å². The van der Waals surface area contributed by atoms with Gasteiger partial charge >= 0.3 is 12.1 Å². The Morgan fingerprint density at radius 2 is 1.83 bits per heavy atom. The van der Waals surface area contributed by atoms with Crippen LogP contribution in [0, 0.1) is 23.2 Å². The van der Waals surface area contributed by atoms with Gasteiger partial charge < -0.3 is 19.8 Å². The summed E-state index contributed by atoms with van der Waals surface area (Å²) in [7, 11) is 0. The Bertz CT molecular complexity index is 1180. The molecule has 0 spiro atoms. The van der Waals surface area contributed by atoms with E-state index in [2.05, 4.69) is 24.1 Å². The predicted octanol–water partition coefficient (Wildman–Crippen LogP) is 5.62. The molecule has 184 valence electrons. The van der Waals surface area contributed by atoms with E-state index in [1.807, 2.05) is 60.8 Å². The van der Waals surface area contributed by atoms with E-state index in [1.165, 1.54) is 12.8 Å².